The summed E-state index contributed by atoms with van der Waals surface area (Å²) in [7, 11) is 0. The molecule has 184 valence electrons. The number of hydrogen-bond acceptors (Lipinski definition) is 8. The normalized spacial score (nSPS) is 15.7. The largest absolute Gasteiger partial charge is 0.481 e. The topological polar surface area (TPSA) is 208 Å². The number of aliphatic carboxylic acids is 2. The molecule has 0 aromatic rings. The van der Waals surface area contributed by atoms with Gasteiger partial charge in [-0.25, -0.2) is 4.79 Å². The van der Waals surface area contributed by atoms with Crippen molar-refractivity contribution in [1.29, 1.82) is 0 Å². The molecule has 0 saturated carbocycles. The van der Waals surface area contributed by atoms with E-state index in [1.807, 2.05) is 0 Å². The Bertz CT molecular complexity index is 674. The Labute approximate surface area is 191 Å². The van der Waals surface area contributed by atoms with E-state index in [4.69, 9.17) is 10.8 Å². The number of carboxylic acid groups (broad SMARTS) is 2. The molecular formula is C19H34N4O8S. The number of nitrogens with one attached hydrogen (secondary N) is 3. The van der Waals surface area contributed by atoms with Crippen LogP contribution in [0.4, 0.5) is 0 Å². The van der Waals surface area contributed by atoms with Gasteiger partial charge in [-0.1, -0.05) is 13.8 Å². The van der Waals surface area contributed by atoms with Crippen molar-refractivity contribution in [3.8, 4) is 0 Å². The number of rotatable bonds is 15. The zero-order chi connectivity index (χ0) is 25.0. The highest BCUT2D eigenvalue weighted by molar-refractivity contribution is 7.98. The maximum Gasteiger partial charge on any atom is 0.326 e. The minimum atomic E-state index is -1.50. The van der Waals surface area contributed by atoms with Gasteiger partial charge in [-0.05, 0) is 37.7 Å². The number of carboxylic acids is 2. The van der Waals surface area contributed by atoms with Crippen LogP contribution in [0, 0.1) is 5.92 Å². The Morgan fingerprint density at radius 2 is 1.47 bits per heavy atom. The SMILES string of the molecule is CSCCC(NC(=O)C(CC(C)C)NC(=O)C(NC(=O)C(N)CC(=O)O)C(C)O)C(=O)O. The van der Waals surface area contributed by atoms with E-state index < -0.39 is 66.4 Å². The predicted molar refractivity (Wildman–Crippen MR) is 118 cm³/mol. The number of hydrogen-bond donors (Lipinski definition) is 7. The molecule has 5 unspecified atom stereocenters. The van der Waals surface area contributed by atoms with E-state index in [0.29, 0.717) is 5.75 Å². The third-order valence-corrected chi connectivity index (χ3v) is 5.00. The first-order chi connectivity index (χ1) is 14.8. The van der Waals surface area contributed by atoms with Crippen molar-refractivity contribution in [3.05, 3.63) is 0 Å². The first-order valence-corrected chi connectivity index (χ1v) is 11.5. The molecule has 0 radical (unpaired) electrons. The highest BCUT2D eigenvalue weighted by Gasteiger charge is 2.33. The van der Waals surface area contributed by atoms with Crippen LogP contribution in [-0.4, -0.2) is 87.3 Å². The minimum Gasteiger partial charge on any atom is -0.481 e. The van der Waals surface area contributed by atoms with E-state index in [1.54, 1.807) is 20.1 Å². The Morgan fingerprint density at radius 1 is 0.906 bits per heavy atom. The van der Waals surface area contributed by atoms with Crippen molar-refractivity contribution in [2.75, 3.05) is 12.0 Å². The molecule has 12 nitrogen and oxygen atoms in total. The average molecular weight is 479 g/mol. The molecule has 0 aliphatic carbocycles. The summed E-state index contributed by atoms with van der Waals surface area (Å²) in [6.45, 7) is 4.83. The summed E-state index contributed by atoms with van der Waals surface area (Å²) in [5.74, 6) is -4.63. The molecule has 0 aromatic heterocycles. The van der Waals surface area contributed by atoms with Crippen molar-refractivity contribution in [1.82, 2.24) is 16.0 Å². The molecule has 13 heteroatoms. The number of aliphatic hydroxyl groups excluding tert-OH is 1. The summed E-state index contributed by atoms with van der Waals surface area (Å²) in [4.78, 5) is 59.6. The third kappa shape index (κ3) is 11.3. The van der Waals surface area contributed by atoms with Gasteiger partial charge in [0.25, 0.3) is 0 Å². The smallest absolute Gasteiger partial charge is 0.326 e. The molecule has 8 N–H and O–H groups in total. The zero-order valence-corrected chi connectivity index (χ0v) is 19.5. The van der Waals surface area contributed by atoms with Gasteiger partial charge in [-0.3, -0.25) is 19.2 Å². The second-order valence-electron chi connectivity index (χ2n) is 7.80. The number of carbonyl (C=O) groups excluding carboxylic acids is 3. The lowest BCUT2D eigenvalue weighted by Gasteiger charge is -2.27. The summed E-state index contributed by atoms with van der Waals surface area (Å²) in [5, 5.41) is 35.0. The minimum absolute atomic E-state index is 0.0518. The average Bonchev–Trinajstić information content (AvgIpc) is 2.66. The Morgan fingerprint density at radius 3 is 1.91 bits per heavy atom. The summed E-state index contributed by atoms with van der Waals surface area (Å²) in [5.41, 5.74) is 5.48. The van der Waals surface area contributed by atoms with Gasteiger partial charge < -0.3 is 37.0 Å². The molecule has 0 heterocycles. The Kier molecular flexibility index (Phi) is 13.5. The van der Waals surface area contributed by atoms with Gasteiger partial charge in [0.2, 0.25) is 17.7 Å². The molecule has 0 rings (SSSR count). The molecule has 32 heavy (non-hydrogen) atoms. The molecule has 0 bridgehead atoms. The number of aliphatic hydroxyl groups is 1. The van der Waals surface area contributed by atoms with Crippen LogP contribution in [0.5, 0.6) is 0 Å². The lowest BCUT2D eigenvalue weighted by Crippen LogP contribution is -2.60. The van der Waals surface area contributed by atoms with Crippen molar-refractivity contribution in [2.45, 2.75) is 70.3 Å². The van der Waals surface area contributed by atoms with Crippen LogP contribution in [-0.2, 0) is 24.0 Å². The van der Waals surface area contributed by atoms with Gasteiger partial charge >= 0.3 is 11.9 Å². The highest BCUT2D eigenvalue weighted by atomic mass is 32.2. The van der Waals surface area contributed by atoms with Crippen LogP contribution in [0.15, 0.2) is 0 Å². The molecule has 3 amide bonds. The standard InChI is InChI=1S/C19H34N4O8S/c1-9(2)7-13(17(28)21-12(19(30)31)5-6-32-4)22-18(29)15(10(3)24)23-16(27)11(20)8-14(25)26/h9-13,15,24H,5-8,20H2,1-4H3,(H,21,28)(H,22,29)(H,23,27)(H,25,26)(H,30,31). The van der Waals surface area contributed by atoms with Gasteiger partial charge in [0.05, 0.1) is 18.6 Å². The van der Waals surface area contributed by atoms with E-state index in [2.05, 4.69) is 16.0 Å². The molecule has 0 saturated heterocycles. The Hall–Kier alpha value is -2.38. The van der Waals surface area contributed by atoms with E-state index >= 15 is 0 Å². The van der Waals surface area contributed by atoms with Crippen molar-refractivity contribution < 1.29 is 39.3 Å². The summed E-state index contributed by atoms with van der Waals surface area (Å²) < 4.78 is 0. The van der Waals surface area contributed by atoms with Crippen molar-refractivity contribution in [2.24, 2.45) is 11.7 Å². The molecular weight excluding hydrogens is 444 g/mol. The second-order valence-corrected chi connectivity index (χ2v) is 8.79. The number of nitrogens with two attached hydrogens (primary N) is 1. The lowest BCUT2D eigenvalue weighted by molar-refractivity contribution is -0.142. The van der Waals surface area contributed by atoms with E-state index in [-0.39, 0.29) is 18.8 Å². The summed E-state index contributed by atoms with van der Waals surface area (Å²) in [6.07, 6.45) is 0.108. The van der Waals surface area contributed by atoms with Crippen LogP contribution in [0.2, 0.25) is 0 Å². The zero-order valence-electron chi connectivity index (χ0n) is 18.7. The van der Waals surface area contributed by atoms with E-state index in [0.717, 1.165) is 0 Å². The molecule has 0 spiro atoms. The van der Waals surface area contributed by atoms with Gasteiger partial charge in [0.1, 0.15) is 18.1 Å². The van der Waals surface area contributed by atoms with Crippen LogP contribution >= 0.6 is 11.8 Å². The van der Waals surface area contributed by atoms with E-state index in [9.17, 15) is 34.2 Å². The summed E-state index contributed by atoms with van der Waals surface area (Å²) >= 11 is 1.42. The summed E-state index contributed by atoms with van der Waals surface area (Å²) in [6, 6.07) is -5.20. The first-order valence-electron chi connectivity index (χ1n) is 10.1. The number of thioether (sulfide) groups is 1. The quantitative estimate of drug-likeness (QED) is 0.145. The van der Waals surface area contributed by atoms with Crippen LogP contribution in [0.3, 0.4) is 0 Å². The lowest BCUT2D eigenvalue weighted by atomic mass is 10.0. The molecule has 5 atom stereocenters. The highest BCUT2D eigenvalue weighted by Crippen LogP contribution is 2.08. The maximum absolute atomic E-state index is 12.7. The van der Waals surface area contributed by atoms with Crippen molar-refractivity contribution in [3.63, 3.8) is 0 Å². The van der Waals surface area contributed by atoms with E-state index in [1.165, 1.54) is 18.7 Å². The molecule has 0 aliphatic heterocycles. The van der Waals surface area contributed by atoms with Gasteiger partial charge in [0.15, 0.2) is 0 Å². The molecule has 0 aliphatic rings. The second kappa shape index (κ2) is 14.6. The molecule has 0 aromatic carbocycles. The fourth-order valence-electron chi connectivity index (χ4n) is 2.68. The predicted octanol–water partition coefficient (Wildman–Crippen LogP) is -1.49. The first kappa shape index (κ1) is 29.6. The Balaban J connectivity index is 5.40. The van der Waals surface area contributed by atoms with Crippen molar-refractivity contribution >= 4 is 41.4 Å². The fourth-order valence-corrected chi connectivity index (χ4v) is 3.15. The third-order valence-electron chi connectivity index (χ3n) is 4.36. The van der Waals surface area contributed by atoms with Gasteiger partial charge in [-0.15, -0.1) is 0 Å². The monoisotopic (exact) mass is 478 g/mol. The fraction of sp³-hybridized carbons (Fsp3) is 0.737. The number of carbonyl (C=O) groups is 5. The number of amides is 3. The van der Waals surface area contributed by atoms with Crippen LogP contribution in [0.25, 0.3) is 0 Å². The maximum atomic E-state index is 12.7. The van der Waals surface area contributed by atoms with Gasteiger partial charge in [-0.2, -0.15) is 11.8 Å². The molecule has 0 fully saturated rings. The van der Waals surface area contributed by atoms with Crippen LogP contribution < -0.4 is 21.7 Å². The van der Waals surface area contributed by atoms with Crippen LogP contribution in [0.1, 0.15) is 40.0 Å². The van der Waals surface area contributed by atoms with Gasteiger partial charge in [0, 0.05) is 0 Å².